The minimum Gasteiger partial charge on any atom is -0.459 e. The van der Waals surface area contributed by atoms with Crippen molar-refractivity contribution in [2.45, 2.75) is 51.1 Å². The molecule has 1 saturated carbocycles. The standard InChI is InChI=1S/C32H31FN8O5/c1-32(2)45-16-25(46-32)29(43)44-15-22-21(27-37-30(34)39-31(38-27)36-20-13-35-40(3)14-20)5-4-6-24(22)41-10-9-18-11-19(17-7-8-17)12-23(33)26(18)28(41)42/h4-6,9-14,17,25H,7-8,15-16H2,1-3H3,(H3,34,36,37,38,39). The number of carbonyl (C=O) groups is 1. The summed E-state index contributed by atoms with van der Waals surface area (Å²) in [5.74, 6) is -1.61. The number of benzene rings is 2. The Morgan fingerprint density at radius 2 is 2.02 bits per heavy atom. The third-order valence-electron chi connectivity index (χ3n) is 7.92. The largest absolute Gasteiger partial charge is 0.459 e. The highest BCUT2D eigenvalue weighted by Gasteiger charge is 2.38. The van der Waals surface area contributed by atoms with Crippen molar-refractivity contribution in [1.82, 2.24) is 29.3 Å². The van der Waals surface area contributed by atoms with Crippen molar-refractivity contribution in [3.05, 3.63) is 82.3 Å². The van der Waals surface area contributed by atoms with E-state index in [9.17, 15) is 9.59 Å². The number of nitrogens with zero attached hydrogens (tertiary/aromatic N) is 6. The Kier molecular flexibility index (Phi) is 7.25. The van der Waals surface area contributed by atoms with E-state index >= 15 is 4.39 Å². The van der Waals surface area contributed by atoms with Gasteiger partial charge >= 0.3 is 5.97 Å². The lowest BCUT2D eigenvalue weighted by Crippen LogP contribution is -2.28. The molecule has 0 bridgehead atoms. The second-order valence-electron chi connectivity index (χ2n) is 11.8. The number of pyridine rings is 1. The normalized spacial score (nSPS) is 17.3. The van der Waals surface area contributed by atoms with Crippen LogP contribution in [0.5, 0.6) is 0 Å². The summed E-state index contributed by atoms with van der Waals surface area (Å²) >= 11 is 0. The molecule has 7 rings (SSSR count). The van der Waals surface area contributed by atoms with E-state index in [0.717, 1.165) is 18.4 Å². The molecule has 46 heavy (non-hydrogen) atoms. The van der Waals surface area contributed by atoms with Crippen molar-refractivity contribution in [3.8, 4) is 17.1 Å². The van der Waals surface area contributed by atoms with Gasteiger partial charge < -0.3 is 25.3 Å². The van der Waals surface area contributed by atoms with E-state index in [1.54, 1.807) is 68.4 Å². The van der Waals surface area contributed by atoms with Gasteiger partial charge in [0.2, 0.25) is 11.9 Å². The van der Waals surface area contributed by atoms with Crippen molar-refractivity contribution in [3.63, 3.8) is 0 Å². The van der Waals surface area contributed by atoms with Crippen LogP contribution in [-0.4, -0.2) is 53.8 Å². The van der Waals surface area contributed by atoms with Crippen molar-refractivity contribution in [1.29, 1.82) is 0 Å². The number of anilines is 3. The maximum atomic E-state index is 15.4. The van der Waals surface area contributed by atoms with Gasteiger partial charge in [-0.15, -0.1) is 0 Å². The summed E-state index contributed by atoms with van der Waals surface area (Å²) in [6, 6.07) is 10.1. The molecule has 5 aromatic rings. The molecule has 14 heteroatoms. The van der Waals surface area contributed by atoms with Crippen LogP contribution in [0.4, 0.5) is 22.0 Å². The Morgan fingerprint density at radius 1 is 1.20 bits per heavy atom. The highest BCUT2D eigenvalue weighted by Crippen LogP contribution is 2.41. The van der Waals surface area contributed by atoms with E-state index < -0.39 is 29.2 Å². The van der Waals surface area contributed by atoms with Gasteiger partial charge in [0, 0.05) is 30.6 Å². The number of nitrogens with one attached hydrogen (secondary N) is 1. The highest BCUT2D eigenvalue weighted by molar-refractivity contribution is 5.84. The summed E-state index contributed by atoms with van der Waals surface area (Å²) < 4.78 is 35.3. The molecule has 0 spiro atoms. The van der Waals surface area contributed by atoms with Crippen LogP contribution in [0, 0.1) is 5.82 Å². The molecule has 1 atom stereocenters. The van der Waals surface area contributed by atoms with Gasteiger partial charge in [-0.1, -0.05) is 18.2 Å². The van der Waals surface area contributed by atoms with Crippen molar-refractivity contribution in [2.75, 3.05) is 17.7 Å². The van der Waals surface area contributed by atoms with Gasteiger partial charge in [-0.25, -0.2) is 9.18 Å². The van der Waals surface area contributed by atoms with Crippen molar-refractivity contribution >= 4 is 34.3 Å². The van der Waals surface area contributed by atoms with E-state index in [0.29, 0.717) is 33.8 Å². The fraction of sp³-hybridized carbons (Fsp3) is 0.312. The van der Waals surface area contributed by atoms with Gasteiger partial charge in [-0.2, -0.15) is 20.1 Å². The Hall–Kier alpha value is -5.21. The summed E-state index contributed by atoms with van der Waals surface area (Å²) in [6.45, 7) is 3.14. The number of hydrogen-bond donors (Lipinski definition) is 2. The number of halogens is 1. The van der Waals surface area contributed by atoms with Gasteiger partial charge in [0.25, 0.3) is 5.56 Å². The number of hydrogen-bond acceptors (Lipinski definition) is 11. The summed E-state index contributed by atoms with van der Waals surface area (Å²) in [5.41, 5.74) is 8.17. The van der Waals surface area contributed by atoms with Gasteiger partial charge in [-0.05, 0) is 61.8 Å². The zero-order valence-electron chi connectivity index (χ0n) is 25.4. The highest BCUT2D eigenvalue weighted by atomic mass is 19.1. The van der Waals surface area contributed by atoms with E-state index in [2.05, 4.69) is 25.4 Å². The molecule has 13 nitrogen and oxygen atoms in total. The molecule has 3 N–H and O–H groups in total. The van der Waals surface area contributed by atoms with Gasteiger partial charge in [0.1, 0.15) is 12.4 Å². The number of nitrogens with two attached hydrogens (primary N) is 1. The number of carbonyl (C=O) groups excluding carboxylic acids is 1. The first-order valence-electron chi connectivity index (χ1n) is 14.8. The van der Waals surface area contributed by atoms with Crippen LogP contribution in [0.1, 0.15) is 43.7 Å². The van der Waals surface area contributed by atoms with E-state index in [4.69, 9.17) is 19.9 Å². The predicted octanol–water partition coefficient (Wildman–Crippen LogP) is 4.11. The third kappa shape index (κ3) is 5.79. The number of aryl methyl sites for hydroxylation is 1. The van der Waals surface area contributed by atoms with Crippen LogP contribution in [-0.2, 0) is 32.7 Å². The molecule has 1 unspecified atom stereocenters. The Labute approximate surface area is 262 Å². The van der Waals surface area contributed by atoms with Gasteiger partial charge in [0.05, 0.1) is 29.6 Å². The van der Waals surface area contributed by atoms with E-state index in [-0.39, 0.29) is 36.3 Å². The summed E-state index contributed by atoms with van der Waals surface area (Å²) in [4.78, 5) is 40.1. The number of esters is 1. The van der Waals surface area contributed by atoms with Crippen LogP contribution < -0.4 is 16.6 Å². The topological polar surface area (TPSA) is 161 Å². The Bertz CT molecular complexity index is 2050. The Balaban J connectivity index is 1.32. The molecule has 2 aliphatic rings. The lowest BCUT2D eigenvalue weighted by molar-refractivity contribution is -0.170. The zero-order valence-corrected chi connectivity index (χ0v) is 25.4. The molecule has 1 aliphatic carbocycles. The maximum Gasteiger partial charge on any atom is 0.338 e. The molecule has 0 radical (unpaired) electrons. The third-order valence-corrected chi connectivity index (χ3v) is 7.92. The van der Waals surface area contributed by atoms with Gasteiger partial charge in [0.15, 0.2) is 17.7 Å². The Morgan fingerprint density at radius 3 is 2.74 bits per heavy atom. The van der Waals surface area contributed by atoms with Crippen LogP contribution in [0.2, 0.25) is 0 Å². The maximum absolute atomic E-state index is 15.4. The lowest BCUT2D eigenvalue weighted by atomic mass is 10.0. The van der Waals surface area contributed by atoms with Crippen molar-refractivity contribution < 1.29 is 23.4 Å². The van der Waals surface area contributed by atoms with Crippen LogP contribution in [0.25, 0.3) is 27.8 Å². The molecule has 3 aromatic heterocycles. The number of nitrogen functional groups attached to an aromatic ring is 1. The molecule has 1 aliphatic heterocycles. The predicted molar refractivity (Wildman–Crippen MR) is 166 cm³/mol. The number of rotatable bonds is 8. The fourth-order valence-electron chi connectivity index (χ4n) is 5.58. The zero-order chi connectivity index (χ0) is 32.2. The number of fused-ring (bicyclic) bond motifs is 1. The average Bonchev–Trinajstić information content (AvgIpc) is 3.69. The van der Waals surface area contributed by atoms with Crippen LogP contribution in [0.15, 0.2) is 59.8 Å². The van der Waals surface area contributed by atoms with E-state index in [1.165, 1.54) is 10.6 Å². The first-order chi connectivity index (χ1) is 22.0. The second kappa shape index (κ2) is 11.3. The minimum atomic E-state index is -0.938. The van der Waals surface area contributed by atoms with Crippen LogP contribution >= 0.6 is 0 Å². The quantitative estimate of drug-likeness (QED) is 0.239. The van der Waals surface area contributed by atoms with Gasteiger partial charge in [-0.3, -0.25) is 14.0 Å². The molecule has 2 aromatic carbocycles. The van der Waals surface area contributed by atoms with E-state index in [1.807, 2.05) is 6.07 Å². The first kappa shape index (κ1) is 29.5. The molecular formula is C32H31FN8O5. The molecule has 0 amide bonds. The summed E-state index contributed by atoms with van der Waals surface area (Å²) in [5, 5.41) is 7.67. The molecular weight excluding hydrogens is 595 g/mol. The average molecular weight is 627 g/mol. The smallest absolute Gasteiger partial charge is 0.338 e. The number of aromatic nitrogens is 6. The summed E-state index contributed by atoms with van der Waals surface area (Å²) in [7, 11) is 1.77. The number of ether oxygens (including phenoxy) is 3. The SMILES string of the molecule is Cn1cc(Nc2nc(N)nc(-c3cccc(-n4ccc5cc(C6CC6)cc(F)c5c4=O)c3COC(=O)C3COC(C)(C)O3)n2)cn1. The minimum absolute atomic E-state index is 0.0277. The molecule has 1 saturated heterocycles. The van der Waals surface area contributed by atoms with Crippen LogP contribution in [0.3, 0.4) is 0 Å². The fourth-order valence-corrected chi connectivity index (χ4v) is 5.58. The molecule has 4 heterocycles. The monoisotopic (exact) mass is 626 g/mol. The second-order valence-corrected chi connectivity index (χ2v) is 11.8. The molecule has 2 fully saturated rings. The lowest BCUT2D eigenvalue weighted by Gasteiger charge is -2.19. The van der Waals surface area contributed by atoms with Crippen molar-refractivity contribution in [2.24, 2.45) is 7.05 Å². The summed E-state index contributed by atoms with van der Waals surface area (Å²) in [6.07, 6.45) is 5.99. The first-order valence-corrected chi connectivity index (χ1v) is 14.8. The molecule has 236 valence electrons.